The Morgan fingerprint density at radius 2 is 2.33 bits per heavy atom. The van der Waals surface area contributed by atoms with Crippen LogP contribution < -0.4 is 0 Å². The van der Waals surface area contributed by atoms with Crippen LogP contribution in [0.1, 0.15) is 13.3 Å². The third kappa shape index (κ3) is 4.93. The molecule has 0 aliphatic rings. The Labute approximate surface area is 53.0 Å². The maximum Gasteiger partial charge on any atom is 0.204 e. The molecule has 4 heteroatoms. The van der Waals surface area contributed by atoms with Gasteiger partial charge in [-0.2, -0.15) is 0 Å². The lowest BCUT2D eigenvalue weighted by atomic mass is 10.1. The summed E-state index contributed by atoms with van der Waals surface area (Å²) >= 11 is 0. The van der Waals surface area contributed by atoms with E-state index in [1.54, 1.807) is 6.92 Å². The molecule has 1 unspecified atom stereocenters. The summed E-state index contributed by atoms with van der Waals surface area (Å²) in [6.45, 7) is 1.55. The van der Waals surface area contributed by atoms with Crippen LogP contribution in [0.25, 0.3) is 0 Å². The second-order valence-electron chi connectivity index (χ2n) is 1.96. The van der Waals surface area contributed by atoms with Crippen LogP contribution in [0, 0.1) is 16.0 Å². The van der Waals surface area contributed by atoms with Gasteiger partial charge in [-0.25, -0.2) is 0 Å². The van der Waals surface area contributed by atoms with Crippen molar-refractivity contribution in [2.75, 3.05) is 6.54 Å². The molecular formula is C5H9NO3. The fraction of sp³-hybridized carbons (Fsp3) is 0.800. The number of nitrogens with zero attached hydrogens (tertiary/aromatic N) is 1. The van der Waals surface area contributed by atoms with Crippen LogP contribution in [0.3, 0.4) is 0 Å². The average molecular weight is 131 g/mol. The summed E-state index contributed by atoms with van der Waals surface area (Å²) in [6.07, 6.45) is 1.07. The predicted molar refractivity (Wildman–Crippen MR) is 31.7 cm³/mol. The summed E-state index contributed by atoms with van der Waals surface area (Å²) in [4.78, 5) is 19.2. The summed E-state index contributed by atoms with van der Waals surface area (Å²) in [6, 6.07) is 0. The van der Waals surface area contributed by atoms with Gasteiger partial charge in [0.15, 0.2) is 0 Å². The van der Waals surface area contributed by atoms with Gasteiger partial charge >= 0.3 is 0 Å². The monoisotopic (exact) mass is 131 g/mol. The van der Waals surface area contributed by atoms with Crippen LogP contribution in [0.2, 0.25) is 0 Å². The minimum Gasteiger partial charge on any atom is -0.303 e. The molecule has 0 N–H and O–H groups in total. The van der Waals surface area contributed by atoms with Crippen LogP contribution in [-0.2, 0) is 4.79 Å². The topological polar surface area (TPSA) is 60.2 Å². The highest BCUT2D eigenvalue weighted by Crippen LogP contribution is 1.95. The first-order chi connectivity index (χ1) is 4.16. The van der Waals surface area contributed by atoms with E-state index in [4.69, 9.17) is 0 Å². The molecule has 0 aliphatic carbocycles. The van der Waals surface area contributed by atoms with Crippen LogP contribution in [0.4, 0.5) is 0 Å². The van der Waals surface area contributed by atoms with Crippen molar-refractivity contribution in [3.05, 3.63) is 10.1 Å². The summed E-state index contributed by atoms with van der Waals surface area (Å²) in [5.74, 6) is -0.185. The fourth-order valence-corrected chi connectivity index (χ4v) is 0.377. The maximum absolute atomic E-state index is 9.89. The van der Waals surface area contributed by atoms with Crippen molar-refractivity contribution in [3.63, 3.8) is 0 Å². The lowest BCUT2D eigenvalue weighted by Crippen LogP contribution is -2.06. The molecule has 0 aromatic rings. The van der Waals surface area contributed by atoms with E-state index in [9.17, 15) is 14.9 Å². The first-order valence-corrected chi connectivity index (χ1v) is 2.74. The third-order valence-corrected chi connectivity index (χ3v) is 0.999. The van der Waals surface area contributed by atoms with Gasteiger partial charge in [0, 0.05) is 17.3 Å². The molecule has 0 spiro atoms. The highest BCUT2D eigenvalue weighted by Gasteiger charge is 2.03. The summed E-state index contributed by atoms with van der Waals surface area (Å²) in [5, 5.41) is 9.71. The van der Waals surface area contributed by atoms with E-state index in [0.717, 1.165) is 6.29 Å². The van der Waals surface area contributed by atoms with Crippen LogP contribution in [0.5, 0.6) is 0 Å². The maximum atomic E-state index is 9.89. The number of aldehydes is 1. The van der Waals surface area contributed by atoms with Gasteiger partial charge < -0.3 is 4.79 Å². The minimum atomic E-state index is -0.417. The SMILES string of the molecule is CC(C=O)CC[N+](=O)[O-]. The van der Waals surface area contributed by atoms with Crippen molar-refractivity contribution in [2.24, 2.45) is 5.92 Å². The van der Waals surface area contributed by atoms with Crippen LogP contribution >= 0.6 is 0 Å². The second kappa shape index (κ2) is 4.00. The number of hydrogen-bond acceptors (Lipinski definition) is 3. The molecule has 1 atom stereocenters. The van der Waals surface area contributed by atoms with Crippen molar-refractivity contribution >= 4 is 6.29 Å². The molecule has 9 heavy (non-hydrogen) atoms. The van der Waals surface area contributed by atoms with Crippen LogP contribution in [-0.4, -0.2) is 17.8 Å². The van der Waals surface area contributed by atoms with Gasteiger partial charge in [-0.05, 0) is 0 Å². The van der Waals surface area contributed by atoms with Crippen molar-refractivity contribution in [1.29, 1.82) is 0 Å². The molecule has 0 aromatic heterocycles. The number of rotatable bonds is 4. The van der Waals surface area contributed by atoms with Crippen LogP contribution in [0.15, 0.2) is 0 Å². The van der Waals surface area contributed by atoms with Gasteiger partial charge in [-0.15, -0.1) is 0 Å². The van der Waals surface area contributed by atoms with E-state index in [2.05, 4.69) is 0 Å². The van der Waals surface area contributed by atoms with E-state index in [0.29, 0.717) is 6.42 Å². The van der Waals surface area contributed by atoms with Crippen molar-refractivity contribution < 1.29 is 9.72 Å². The van der Waals surface area contributed by atoms with E-state index in [-0.39, 0.29) is 12.5 Å². The lowest BCUT2D eigenvalue weighted by Gasteiger charge is -1.95. The van der Waals surface area contributed by atoms with E-state index < -0.39 is 4.92 Å². The predicted octanol–water partition coefficient (Wildman–Crippen LogP) is 0.488. The highest BCUT2D eigenvalue weighted by molar-refractivity contribution is 5.52. The van der Waals surface area contributed by atoms with E-state index in [1.165, 1.54) is 0 Å². The number of hydrogen-bond donors (Lipinski definition) is 0. The largest absolute Gasteiger partial charge is 0.303 e. The van der Waals surface area contributed by atoms with Crippen molar-refractivity contribution in [1.82, 2.24) is 0 Å². The third-order valence-electron chi connectivity index (χ3n) is 0.999. The average Bonchev–Trinajstić information content (AvgIpc) is 1.83. The second-order valence-corrected chi connectivity index (χ2v) is 1.96. The molecular weight excluding hydrogens is 122 g/mol. The molecule has 0 radical (unpaired) electrons. The molecule has 4 nitrogen and oxygen atoms in total. The first kappa shape index (κ1) is 8.07. The Morgan fingerprint density at radius 1 is 1.78 bits per heavy atom. The molecule has 52 valence electrons. The van der Waals surface area contributed by atoms with Gasteiger partial charge in [0.2, 0.25) is 6.54 Å². The molecule has 0 fully saturated rings. The summed E-state index contributed by atoms with van der Waals surface area (Å²) in [5.41, 5.74) is 0. The number of carbonyl (C=O) groups excluding carboxylic acids is 1. The fourth-order valence-electron chi connectivity index (χ4n) is 0.377. The van der Waals surface area contributed by atoms with Gasteiger partial charge in [0.05, 0.1) is 0 Å². The Kier molecular flexibility index (Phi) is 3.59. The zero-order chi connectivity index (χ0) is 7.28. The molecule has 0 rings (SSSR count). The molecule has 0 bridgehead atoms. The Hall–Kier alpha value is -0.930. The van der Waals surface area contributed by atoms with Gasteiger partial charge in [0.25, 0.3) is 0 Å². The normalized spacial score (nSPS) is 12.6. The quantitative estimate of drug-likeness (QED) is 0.317. The van der Waals surface area contributed by atoms with E-state index >= 15 is 0 Å². The standard InChI is InChI=1S/C5H9NO3/c1-5(4-7)2-3-6(8)9/h4-5H,2-3H2,1H3. The van der Waals surface area contributed by atoms with Gasteiger partial charge in [-0.1, -0.05) is 6.92 Å². The van der Waals surface area contributed by atoms with E-state index in [1.807, 2.05) is 0 Å². The Morgan fingerprint density at radius 3 is 2.67 bits per heavy atom. The molecule has 0 saturated carbocycles. The van der Waals surface area contributed by atoms with Crippen molar-refractivity contribution in [3.8, 4) is 0 Å². The lowest BCUT2D eigenvalue weighted by molar-refractivity contribution is -0.481. The Balaban J connectivity index is 3.26. The van der Waals surface area contributed by atoms with Gasteiger partial charge in [-0.3, -0.25) is 10.1 Å². The Bertz CT molecular complexity index is 113. The van der Waals surface area contributed by atoms with Crippen molar-refractivity contribution in [2.45, 2.75) is 13.3 Å². The zero-order valence-corrected chi connectivity index (χ0v) is 5.24. The molecule has 0 saturated heterocycles. The minimum absolute atomic E-state index is 0.111. The molecule has 0 amide bonds. The molecule has 0 aromatic carbocycles. The highest BCUT2D eigenvalue weighted by atomic mass is 16.6. The molecule has 0 aliphatic heterocycles. The zero-order valence-electron chi connectivity index (χ0n) is 5.24. The summed E-state index contributed by atoms with van der Waals surface area (Å²) in [7, 11) is 0. The smallest absolute Gasteiger partial charge is 0.204 e. The number of nitro groups is 1. The molecule has 0 heterocycles. The first-order valence-electron chi connectivity index (χ1n) is 2.74. The van der Waals surface area contributed by atoms with Gasteiger partial charge in [0.1, 0.15) is 6.29 Å². The number of carbonyl (C=O) groups is 1. The summed E-state index contributed by atoms with van der Waals surface area (Å²) < 4.78 is 0.